The van der Waals surface area contributed by atoms with Crippen LogP contribution in [0.2, 0.25) is 0 Å². The first-order valence-corrected chi connectivity index (χ1v) is 6.27. The van der Waals surface area contributed by atoms with E-state index < -0.39 is 0 Å². The second-order valence-electron chi connectivity index (χ2n) is 5.88. The van der Waals surface area contributed by atoms with E-state index in [-0.39, 0.29) is 5.54 Å². The molecule has 2 rings (SSSR count). The second kappa shape index (κ2) is 4.21. The van der Waals surface area contributed by atoms with Crippen LogP contribution in [0.25, 0.3) is 0 Å². The smallest absolute Gasteiger partial charge is 0.0543 e. The summed E-state index contributed by atoms with van der Waals surface area (Å²) < 4.78 is 2.07. The van der Waals surface area contributed by atoms with E-state index in [1.165, 1.54) is 18.4 Å². The van der Waals surface area contributed by atoms with Crippen molar-refractivity contribution >= 4 is 0 Å². The standard InChI is InChI=1S/C13H23N3/c1-10-12(6-5-7-14-10)11-8-15-16(9-11)13(2,3)4/h8-10,12,14H,5-7H2,1-4H3. The molecule has 0 aliphatic carbocycles. The maximum Gasteiger partial charge on any atom is 0.0543 e. The zero-order valence-corrected chi connectivity index (χ0v) is 10.8. The van der Waals surface area contributed by atoms with Crippen molar-refractivity contribution in [2.24, 2.45) is 0 Å². The quantitative estimate of drug-likeness (QED) is 0.789. The summed E-state index contributed by atoms with van der Waals surface area (Å²) in [7, 11) is 0. The summed E-state index contributed by atoms with van der Waals surface area (Å²) in [4.78, 5) is 0. The van der Waals surface area contributed by atoms with Crippen molar-refractivity contribution in [3.8, 4) is 0 Å². The Kier molecular flexibility index (Phi) is 3.06. The molecule has 1 aromatic heterocycles. The Morgan fingerprint density at radius 3 is 2.75 bits per heavy atom. The molecule has 1 N–H and O–H groups in total. The van der Waals surface area contributed by atoms with Gasteiger partial charge >= 0.3 is 0 Å². The molecule has 0 spiro atoms. The molecule has 0 bridgehead atoms. The van der Waals surface area contributed by atoms with Gasteiger partial charge in [-0.05, 0) is 52.6 Å². The lowest BCUT2D eigenvalue weighted by atomic mass is 9.87. The minimum absolute atomic E-state index is 0.0869. The highest BCUT2D eigenvalue weighted by Gasteiger charge is 2.24. The summed E-state index contributed by atoms with van der Waals surface area (Å²) in [6.07, 6.45) is 6.81. The highest BCUT2D eigenvalue weighted by molar-refractivity contribution is 5.15. The number of aromatic nitrogens is 2. The van der Waals surface area contributed by atoms with Crippen LogP contribution >= 0.6 is 0 Å². The summed E-state index contributed by atoms with van der Waals surface area (Å²) in [6.45, 7) is 9.99. The van der Waals surface area contributed by atoms with E-state index in [4.69, 9.17) is 0 Å². The first-order chi connectivity index (χ1) is 7.48. The number of rotatable bonds is 1. The van der Waals surface area contributed by atoms with Crippen molar-refractivity contribution in [3.05, 3.63) is 18.0 Å². The van der Waals surface area contributed by atoms with E-state index in [0.717, 1.165) is 6.54 Å². The van der Waals surface area contributed by atoms with Gasteiger partial charge < -0.3 is 5.32 Å². The summed E-state index contributed by atoms with van der Waals surface area (Å²) in [5.41, 5.74) is 1.47. The average Bonchev–Trinajstić information content (AvgIpc) is 2.66. The average molecular weight is 221 g/mol. The number of nitrogens with one attached hydrogen (secondary N) is 1. The fourth-order valence-electron chi connectivity index (χ4n) is 2.39. The van der Waals surface area contributed by atoms with Crippen molar-refractivity contribution in [2.75, 3.05) is 6.54 Å². The SMILES string of the molecule is CC1NCCCC1c1cnn(C(C)(C)C)c1. The normalized spacial score (nSPS) is 27.0. The summed E-state index contributed by atoms with van der Waals surface area (Å²) in [6, 6.07) is 0.575. The van der Waals surface area contributed by atoms with E-state index in [0.29, 0.717) is 12.0 Å². The fourth-order valence-corrected chi connectivity index (χ4v) is 2.39. The van der Waals surface area contributed by atoms with Crippen LogP contribution in [-0.2, 0) is 5.54 Å². The monoisotopic (exact) mass is 221 g/mol. The van der Waals surface area contributed by atoms with Gasteiger partial charge in [0.15, 0.2) is 0 Å². The molecule has 0 saturated carbocycles. The molecule has 1 aromatic rings. The van der Waals surface area contributed by atoms with Gasteiger partial charge in [-0.3, -0.25) is 4.68 Å². The summed E-state index contributed by atoms with van der Waals surface area (Å²) in [5.74, 6) is 0.629. The molecular weight excluding hydrogens is 198 g/mol. The van der Waals surface area contributed by atoms with Crippen molar-refractivity contribution in [3.63, 3.8) is 0 Å². The Balaban J connectivity index is 2.18. The van der Waals surface area contributed by atoms with E-state index in [1.54, 1.807) is 0 Å². The molecule has 1 saturated heterocycles. The number of piperidine rings is 1. The molecule has 16 heavy (non-hydrogen) atoms. The maximum absolute atomic E-state index is 4.49. The topological polar surface area (TPSA) is 29.9 Å². The molecule has 1 aliphatic rings. The van der Waals surface area contributed by atoms with Crippen LogP contribution in [0.1, 0.15) is 52.0 Å². The van der Waals surface area contributed by atoms with E-state index in [2.05, 4.69) is 49.0 Å². The van der Waals surface area contributed by atoms with Crippen molar-refractivity contribution in [2.45, 2.75) is 58.0 Å². The van der Waals surface area contributed by atoms with Crippen LogP contribution in [0, 0.1) is 0 Å². The van der Waals surface area contributed by atoms with Crippen molar-refractivity contribution < 1.29 is 0 Å². The van der Waals surface area contributed by atoms with Gasteiger partial charge in [0.25, 0.3) is 0 Å². The minimum Gasteiger partial charge on any atom is -0.314 e. The second-order valence-corrected chi connectivity index (χ2v) is 5.88. The van der Waals surface area contributed by atoms with Gasteiger partial charge in [0.05, 0.1) is 11.7 Å². The van der Waals surface area contributed by atoms with Crippen LogP contribution in [0.3, 0.4) is 0 Å². The molecule has 3 heteroatoms. The third-order valence-electron chi connectivity index (χ3n) is 3.48. The van der Waals surface area contributed by atoms with Gasteiger partial charge in [-0.25, -0.2) is 0 Å². The first kappa shape index (κ1) is 11.6. The molecule has 0 aromatic carbocycles. The van der Waals surface area contributed by atoms with Gasteiger partial charge in [-0.1, -0.05) is 0 Å². The lowest BCUT2D eigenvalue weighted by Crippen LogP contribution is -2.37. The van der Waals surface area contributed by atoms with Gasteiger partial charge in [0.1, 0.15) is 0 Å². The van der Waals surface area contributed by atoms with E-state index >= 15 is 0 Å². The molecule has 2 heterocycles. The van der Waals surface area contributed by atoms with E-state index in [1.807, 2.05) is 6.20 Å². The van der Waals surface area contributed by atoms with Gasteiger partial charge in [-0.15, -0.1) is 0 Å². The summed E-state index contributed by atoms with van der Waals surface area (Å²) >= 11 is 0. The van der Waals surface area contributed by atoms with Gasteiger partial charge in [0, 0.05) is 18.2 Å². The molecule has 90 valence electrons. The summed E-state index contributed by atoms with van der Waals surface area (Å²) in [5, 5.41) is 8.03. The lowest BCUT2D eigenvalue weighted by molar-refractivity contribution is 0.351. The molecule has 1 fully saturated rings. The Morgan fingerprint density at radius 1 is 1.44 bits per heavy atom. The van der Waals surface area contributed by atoms with Crippen molar-refractivity contribution in [1.29, 1.82) is 0 Å². The number of hydrogen-bond acceptors (Lipinski definition) is 2. The maximum atomic E-state index is 4.49. The Labute approximate surface area is 98.2 Å². The fraction of sp³-hybridized carbons (Fsp3) is 0.769. The Bertz CT molecular complexity index is 348. The lowest BCUT2D eigenvalue weighted by Gasteiger charge is -2.29. The zero-order chi connectivity index (χ0) is 11.8. The number of nitrogens with zero attached hydrogens (tertiary/aromatic N) is 2. The van der Waals surface area contributed by atoms with Crippen molar-refractivity contribution in [1.82, 2.24) is 15.1 Å². The molecular formula is C13H23N3. The zero-order valence-electron chi connectivity index (χ0n) is 10.8. The third kappa shape index (κ3) is 2.29. The highest BCUT2D eigenvalue weighted by Crippen LogP contribution is 2.28. The van der Waals surface area contributed by atoms with Crippen LogP contribution in [-0.4, -0.2) is 22.4 Å². The molecule has 2 atom stereocenters. The Morgan fingerprint density at radius 2 is 2.19 bits per heavy atom. The Hall–Kier alpha value is -0.830. The molecule has 3 nitrogen and oxygen atoms in total. The van der Waals surface area contributed by atoms with Crippen LogP contribution < -0.4 is 5.32 Å². The largest absolute Gasteiger partial charge is 0.314 e. The predicted molar refractivity (Wildman–Crippen MR) is 66.7 cm³/mol. The molecule has 0 amide bonds. The minimum atomic E-state index is 0.0869. The van der Waals surface area contributed by atoms with Gasteiger partial charge in [-0.2, -0.15) is 5.10 Å². The number of hydrogen-bond donors (Lipinski definition) is 1. The molecule has 0 radical (unpaired) electrons. The first-order valence-electron chi connectivity index (χ1n) is 6.27. The van der Waals surface area contributed by atoms with Crippen LogP contribution in [0.5, 0.6) is 0 Å². The molecule has 2 unspecified atom stereocenters. The van der Waals surface area contributed by atoms with Gasteiger partial charge in [0.2, 0.25) is 0 Å². The van der Waals surface area contributed by atoms with E-state index in [9.17, 15) is 0 Å². The molecule has 1 aliphatic heterocycles. The predicted octanol–water partition coefficient (Wildman–Crippen LogP) is 2.49. The third-order valence-corrected chi connectivity index (χ3v) is 3.48. The van der Waals surface area contributed by atoms with Crippen LogP contribution in [0.4, 0.5) is 0 Å². The highest BCUT2D eigenvalue weighted by atomic mass is 15.3. The van der Waals surface area contributed by atoms with Crippen LogP contribution in [0.15, 0.2) is 12.4 Å².